The highest BCUT2D eigenvalue weighted by Crippen LogP contribution is 2.39. The third kappa shape index (κ3) is 22.8. The van der Waals surface area contributed by atoms with Gasteiger partial charge in [0, 0.05) is 63.7 Å². The van der Waals surface area contributed by atoms with Crippen molar-refractivity contribution in [2.45, 2.75) is 231 Å². The Hall–Kier alpha value is -3.92. The van der Waals surface area contributed by atoms with E-state index in [0.717, 1.165) is 0 Å². The summed E-state index contributed by atoms with van der Waals surface area (Å²) in [4.78, 5) is 29.3. The maximum Gasteiger partial charge on any atom is 0.308 e. The van der Waals surface area contributed by atoms with Gasteiger partial charge in [0.15, 0.2) is 18.4 Å². The van der Waals surface area contributed by atoms with Gasteiger partial charge in [-0.05, 0) is 40.2 Å². The van der Waals surface area contributed by atoms with Crippen LogP contribution in [0.2, 0.25) is 0 Å². The van der Waals surface area contributed by atoms with Crippen molar-refractivity contribution < 1.29 is 130 Å². The first kappa shape index (κ1) is 79.1. The van der Waals surface area contributed by atoms with Gasteiger partial charge in [0.1, 0.15) is 54.9 Å². The number of nitrogens with one attached hydrogen (secondary N) is 2. The lowest BCUT2D eigenvalue weighted by molar-refractivity contribution is -0.368. The van der Waals surface area contributed by atoms with Crippen LogP contribution in [0.5, 0.6) is 0 Å². The molecule has 0 aromatic rings. The summed E-state index contributed by atoms with van der Waals surface area (Å²) in [7, 11) is 1.92. The van der Waals surface area contributed by atoms with E-state index in [-0.39, 0.29) is 25.2 Å². The van der Waals surface area contributed by atoms with E-state index in [1.807, 2.05) is 14.0 Å². The molecular formula is C64H104N4O26. The van der Waals surface area contributed by atoms with Gasteiger partial charge in [0.05, 0.1) is 105 Å². The molecular weight excluding hydrogens is 1240 g/mol. The third-order valence-corrected chi connectivity index (χ3v) is 18.1. The molecule has 536 valence electrons. The topological polar surface area (TPSA) is 473 Å². The van der Waals surface area contributed by atoms with Crippen LogP contribution < -0.4 is 10.7 Å². The van der Waals surface area contributed by atoms with Crippen LogP contribution in [0.25, 0.3) is 0 Å². The van der Waals surface area contributed by atoms with Gasteiger partial charge < -0.3 is 130 Å². The Bertz CT molecular complexity index is 2520. The van der Waals surface area contributed by atoms with Crippen molar-refractivity contribution >= 4 is 11.9 Å². The normalized spacial score (nSPS) is 44.0. The molecule has 0 aromatic heterocycles. The van der Waals surface area contributed by atoms with E-state index in [1.54, 1.807) is 97.8 Å². The first-order valence-corrected chi connectivity index (χ1v) is 32.3. The van der Waals surface area contributed by atoms with Gasteiger partial charge in [-0.15, -0.1) is 0 Å². The van der Waals surface area contributed by atoms with Crippen LogP contribution in [0, 0.1) is 17.8 Å². The molecule has 0 radical (unpaired) electrons. The number of hydrazine groups is 1. The van der Waals surface area contributed by atoms with E-state index in [0.29, 0.717) is 26.2 Å². The van der Waals surface area contributed by atoms with Crippen LogP contribution in [0.15, 0.2) is 85.1 Å². The molecule has 30 nitrogen and oxygen atoms in total. The summed E-state index contributed by atoms with van der Waals surface area (Å²) in [5.41, 5.74) is 2.85. The molecule has 19 N–H and O–H groups in total. The smallest absolute Gasteiger partial charge is 0.308 e. The lowest BCUT2D eigenvalue weighted by Gasteiger charge is -2.48. The number of fused-ring (bicyclic) bond motifs is 2. The van der Waals surface area contributed by atoms with Crippen molar-refractivity contribution in [3.8, 4) is 0 Å². The lowest BCUT2D eigenvalue weighted by atomic mass is 9.82. The second kappa shape index (κ2) is 37.3. The lowest BCUT2D eigenvalue weighted by Crippen LogP contribution is -2.70. The SMILES string of the molecule is CC1[C@H](C)OC(=O)C[C@H](O)C[C@H](O)CC[C@@H](O)[C@H](O)C[C@H](O)C[C@]2(O)C[C@H](O)C(C(=O)NN3CCN(C)CC3)C(C[C@@H](OC3O[C@H](C)[C@@H](O)[C@H](NC[C@@]4(O)OC[C@@H](O)[C@@H](OC5O[C@H](CO)[C@@H](O)[C@H](O)[C@H]5O)[C@@H]4O)[C@@H]3O)C=CC=CC=CC=CC=CC=CC=C[C@H](C)[C@H]1O)O2. The van der Waals surface area contributed by atoms with Crippen LogP contribution in [0.3, 0.4) is 0 Å². The van der Waals surface area contributed by atoms with Crippen molar-refractivity contribution in [1.82, 2.24) is 20.7 Å². The number of esters is 1. The zero-order valence-electron chi connectivity index (χ0n) is 53.9. The Labute approximate surface area is 547 Å². The molecule has 28 atom stereocenters. The first-order chi connectivity index (χ1) is 44.4. The van der Waals surface area contributed by atoms with E-state index in [9.17, 15) is 96.4 Å². The van der Waals surface area contributed by atoms with Crippen molar-refractivity contribution in [3.63, 3.8) is 0 Å². The average molecular weight is 1350 g/mol. The second-order valence-corrected chi connectivity index (χ2v) is 25.8. The second-order valence-electron chi connectivity index (χ2n) is 25.8. The van der Waals surface area contributed by atoms with Gasteiger partial charge in [0.2, 0.25) is 11.7 Å². The fraction of sp³-hybridized carbons (Fsp3) is 0.750. The Morgan fingerprint density at radius 1 is 0.617 bits per heavy atom. The Morgan fingerprint density at radius 3 is 1.85 bits per heavy atom. The molecule has 94 heavy (non-hydrogen) atoms. The molecule has 0 aromatic carbocycles. The predicted octanol–water partition coefficient (Wildman–Crippen LogP) is -4.84. The minimum Gasteiger partial charge on any atom is -0.462 e. The van der Waals surface area contributed by atoms with Crippen LogP contribution in [0.4, 0.5) is 0 Å². The number of aliphatic hydroxyl groups is 17. The van der Waals surface area contributed by atoms with Gasteiger partial charge in [-0.1, -0.05) is 98.9 Å². The number of hydrogen-bond acceptors (Lipinski definition) is 29. The third-order valence-electron chi connectivity index (χ3n) is 18.1. The van der Waals surface area contributed by atoms with Crippen molar-refractivity contribution in [2.75, 3.05) is 53.0 Å². The van der Waals surface area contributed by atoms with Crippen molar-refractivity contribution in [3.05, 3.63) is 85.1 Å². The number of amides is 1. The summed E-state index contributed by atoms with van der Waals surface area (Å²) in [6, 6.07) is -1.47. The molecule has 0 aliphatic carbocycles. The van der Waals surface area contributed by atoms with Gasteiger partial charge in [-0.2, -0.15) is 0 Å². The molecule has 6 rings (SSSR count). The minimum absolute atomic E-state index is 0.153. The highest BCUT2D eigenvalue weighted by molar-refractivity contribution is 5.79. The zero-order chi connectivity index (χ0) is 69.2. The number of nitrogens with zero attached hydrogens (tertiary/aromatic N) is 2. The van der Waals surface area contributed by atoms with Gasteiger partial charge in [0.25, 0.3) is 0 Å². The number of likely N-dealkylation sites (N-methyl/N-ethyl adjacent to an activating group) is 1. The van der Waals surface area contributed by atoms with E-state index < -0.39 is 228 Å². The van der Waals surface area contributed by atoms with E-state index in [4.69, 9.17) is 33.2 Å². The summed E-state index contributed by atoms with van der Waals surface area (Å²) in [5, 5.41) is 193. The molecule has 5 saturated heterocycles. The standard InChI is InChI=1S/C64H104N4O26/c1-35-18-16-14-12-10-8-6-7-9-11-13-15-17-19-42(91-61-55(81)51(53(79)38(4)90-61)65-34-64(87)59(84)58(46(76)33-88-64)93-62-57(83)56(82)54(80)48(32-69)92-62)29-47-50(60(85)66-68-24-22-67(5)23-25-68)45(75)31-63(86,94-47)30-41(72)27-44(74)43(73)21-20-39(70)26-40(71)28-49(77)89-37(3)36(2)52(35)78/h6-19,35-48,50-59,61-62,65,69-76,78-84,86-87H,20-34H2,1-5H3,(H,66,85)/t35-,36?,37-,38+,39+,40+,41-,42-,43+,44+,45-,46+,47?,48+,50?,51-,52+,53+,54+,55-,56-,57+,58+,59-,61?,62?,63+,64+/m0/s1. The van der Waals surface area contributed by atoms with Gasteiger partial charge >= 0.3 is 5.97 Å². The fourth-order valence-corrected chi connectivity index (χ4v) is 12.1. The molecule has 30 heteroatoms. The molecule has 6 aliphatic rings. The molecule has 6 aliphatic heterocycles. The van der Waals surface area contributed by atoms with E-state index in [1.165, 1.54) is 13.0 Å². The molecule has 0 spiro atoms. The number of hydrogen-bond donors (Lipinski definition) is 19. The summed E-state index contributed by atoms with van der Waals surface area (Å²) in [6.45, 7) is 6.32. The molecule has 2 bridgehead atoms. The van der Waals surface area contributed by atoms with Crippen LogP contribution in [-0.2, 0) is 42.7 Å². The number of carbonyl (C=O) groups excluding carboxylic acids is 2. The van der Waals surface area contributed by atoms with Crippen molar-refractivity contribution in [2.24, 2.45) is 17.8 Å². The molecule has 1 amide bonds. The maximum absolute atomic E-state index is 14.4. The number of ether oxygens (including phenoxy) is 7. The van der Waals surface area contributed by atoms with Crippen molar-refractivity contribution in [1.29, 1.82) is 0 Å². The molecule has 6 heterocycles. The quantitative estimate of drug-likeness (QED) is 0.0913. The Kier molecular flexibility index (Phi) is 31.4. The number of aliphatic hydroxyl groups excluding tert-OH is 15. The summed E-state index contributed by atoms with van der Waals surface area (Å²) >= 11 is 0. The predicted molar refractivity (Wildman–Crippen MR) is 332 cm³/mol. The monoisotopic (exact) mass is 1340 g/mol. The van der Waals surface area contributed by atoms with E-state index >= 15 is 0 Å². The number of piperazine rings is 1. The van der Waals surface area contributed by atoms with Gasteiger partial charge in [-0.3, -0.25) is 15.0 Å². The van der Waals surface area contributed by atoms with Crippen LogP contribution in [-0.4, -0.2) is 314 Å². The number of allylic oxidation sites excluding steroid dienone is 12. The van der Waals surface area contributed by atoms with Crippen LogP contribution in [0.1, 0.15) is 79.1 Å². The number of rotatable bonds is 10. The largest absolute Gasteiger partial charge is 0.462 e. The average Bonchev–Trinajstić information content (AvgIpc) is 0.789. The number of cyclic esters (lactones) is 1. The Balaban J connectivity index is 1.26. The van der Waals surface area contributed by atoms with E-state index in [2.05, 4.69) is 15.6 Å². The minimum atomic E-state index is -2.67. The number of carbonyl (C=O) groups is 2. The first-order valence-electron chi connectivity index (χ1n) is 32.3. The molecule has 0 saturated carbocycles. The summed E-state index contributed by atoms with van der Waals surface area (Å²) in [6.07, 6.45) is -13.6. The zero-order valence-corrected chi connectivity index (χ0v) is 53.9. The Morgan fingerprint density at radius 2 is 1.22 bits per heavy atom. The summed E-state index contributed by atoms with van der Waals surface area (Å²) in [5.74, 6) is -8.81. The fourth-order valence-electron chi connectivity index (χ4n) is 12.1. The highest BCUT2D eigenvalue weighted by Gasteiger charge is 2.55. The summed E-state index contributed by atoms with van der Waals surface area (Å²) < 4.78 is 40.9. The molecule has 5 unspecified atom stereocenters. The maximum atomic E-state index is 14.4. The van der Waals surface area contributed by atoms with Gasteiger partial charge in [-0.25, -0.2) is 5.01 Å². The highest BCUT2D eigenvalue weighted by atomic mass is 16.7. The molecule has 5 fully saturated rings. The van der Waals surface area contributed by atoms with Crippen LogP contribution >= 0.6 is 0 Å².